The molecule has 0 aromatic carbocycles. The van der Waals surface area contributed by atoms with Crippen molar-refractivity contribution < 1.29 is 28.6 Å². The molecule has 73 heavy (non-hydrogen) atoms. The van der Waals surface area contributed by atoms with E-state index in [4.69, 9.17) is 14.2 Å². The fourth-order valence-corrected chi connectivity index (χ4v) is 8.24. The van der Waals surface area contributed by atoms with Crippen molar-refractivity contribution in [1.82, 2.24) is 0 Å². The second kappa shape index (κ2) is 60.6. The lowest BCUT2D eigenvalue weighted by atomic mass is 10.0. The molecule has 0 aliphatic rings. The first-order valence-corrected chi connectivity index (χ1v) is 30.4. The van der Waals surface area contributed by atoms with Crippen LogP contribution in [0.3, 0.4) is 0 Å². The summed E-state index contributed by atoms with van der Waals surface area (Å²) in [4.78, 5) is 37.9. The second-order valence-corrected chi connectivity index (χ2v) is 19.9. The van der Waals surface area contributed by atoms with Gasteiger partial charge in [-0.05, 0) is 96.3 Å². The topological polar surface area (TPSA) is 78.9 Å². The summed E-state index contributed by atoms with van der Waals surface area (Å²) in [6, 6.07) is 0. The van der Waals surface area contributed by atoms with Gasteiger partial charge in [0.15, 0.2) is 6.10 Å². The van der Waals surface area contributed by atoms with Gasteiger partial charge in [0.1, 0.15) is 13.2 Å². The fraction of sp³-hybridized carbons (Fsp3) is 0.687. The van der Waals surface area contributed by atoms with Gasteiger partial charge in [-0.2, -0.15) is 0 Å². The Kier molecular flexibility index (Phi) is 57.4. The molecule has 0 saturated carbocycles. The standard InChI is InChI=1S/C67H112O6/c1-4-7-10-13-16-18-20-22-24-26-28-29-30-31-32-33-34-35-36-37-39-40-42-44-46-48-51-54-57-60-66(69)72-63-64(62-71-65(68)59-56-53-50-15-12-9-6-3)73-67(70)61-58-55-52-49-47-45-43-41-38-27-25-23-21-19-17-14-11-8-5-2/h8,11,17,19-20,22-23,25-26,28,30-31,38,41,45,47,52,55,64H,4-7,9-10,12-16,18,21,24,27,29,32-37,39-40,42-44,46,48-51,53-54,56-63H2,1-3H3/b11-8-,19-17-,22-20-,25-23-,28-26-,31-30-,41-38-,47-45-,55-52-. The SMILES string of the molecule is CC/C=C\C/C=C\C/C=C\C/C=C\C/C=C\C/C=C\CCC(=O)OC(COC(=O)CCCCCCCCC)COC(=O)CCCCCCCCCCCCCCCC/C=C\C/C=C\C/C=C\CCCCCCC. The van der Waals surface area contributed by atoms with Gasteiger partial charge in [0.05, 0.1) is 0 Å². The van der Waals surface area contributed by atoms with Crippen molar-refractivity contribution in [3.8, 4) is 0 Å². The number of rotatable bonds is 54. The number of esters is 3. The van der Waals surface area contributed by atoms with Crippen LogP contribution in [0.4, 0.5) is 0 Å². The van der Waals surface area contributed by atoms with Crippen LogP contribution in [0, 0.1) is 0 Å². The summed E-state index contributed by atoms with van der Waals surface area (Å²) in [6.07, 6.45) is 82.8. The molecule has 0 rings (SSSR count). The number of ether oxygens (including phenoxy) is 3. The van der Waals surface area contributed by atoms with Crippen LogP contribution in [0.1, 0.15) is 278 Å². The average Bonchev–Trinajstić information content (AvgIpc) is 3.39. The average molecular weight is 1010 g/mol. The molecule has 0 bridgehead atoms. The lowest BCUT2D eigenvalue weighted by Gasteiger charge is -2.18. The van der Waals surface area contributed by atoms with Crippen molar-refractivity contribution in [3.63, 3.8) is 0 Å². The molecule has 0 heterocycles. The van der Waals surface area contributed by atoms with Crippen molar-refractivity contribution in [2.24, 2.45) is 0 Å². The lowest BCUT2D eigenvalue weighted by molar-refractivity contribution is -0.166. The Balaban J connectivity index is 4.20. The van der Waals surface area contributed by atoms with Crippen LogP contribution >= 0.6 is 0 Å². The summed E-state index contributed by atoms with van der Waals surface area (Å²) in [7, 11) is 0. The maximum Gasteiger partial charge on any atom is 0.306 e. The first kappa shape index (κ1) is 69.1. The Hall–Kier alpha value is -3.93. The number of hydrogen-bond donors (Lipinski definition) is 0. The summed E-state index contributed by atoms with van der Waals surface area (Å²) in [5.41, 5.74) is 0. The Morgan fingerprint density at radius 3 is 0.890 bits per heavy atom. The molecule has 0 aliphatic heterocycles. The molecule has 0 aliphatic carbocycles. The van der Waals surface area contributed by atoms with E-state index >= 15 is 0 Å². The zero-order valence-electron chi connectivity index (χ0n) is 47.6. The van der Waals surface area contributed by atoms with Gasteiger partial charge in [-0.15, -0.1) is 0 Å². The molecule has 1 atom stereocenters. The molecule has 0 fully saturated rings. The Labute approximate surface area is 450 Å². The van der Waals surface area contributed by atoms with Gasteiger partial charge in [-0.3, -0.25) is 14.4 Å². The number of unbranched alkanes of at least 4 members (excludes halogenated alkanes) is 25. The first-order chi connectivity index (χ1) is 36.0. The summed E-state index contributed by atoms with van der Waals surface area (Å²) in [6.45, 7) is 6.41. The molecule has 0 aromatic rings. The fourth-order valence-electron chi connectivity index (χ4n) is 8.24. The van der Waals surface area contributed by atoms with Crippen LogP contribution in [-0.4, -0.2) is 37.2 Å². The van der Waals surface area contributed by atoms with E-state index in [1.54, 1.807) is 0 Å². The van der Waals surface area contributed by atoms with Crippen LogP contribution in [0.25, 0.3) is 0 Å². The highest BCUT2D eigenvalue weighted by Crippen LogP contribution is 2.15. The highest BCUT2D eigenvalue weighted by atomic mass is 16.6. The van der Waals surface area contributed by atoms with Crippen LogP contribution in [-0.2, 0) is 28.6 Å². The van der Waals surface area contributed by atoms with Crippen molar-refractivity contribution >= 4 is 17.9 Å². The first-order valence-electron chi connectivity index (χ1n) is 30.4. The maximum atomic E-state index is 12.8. The van der Waals surface area contributed by atoms with Gasteiger partial charge in [-0.1, -0.05) is 271 Å². The molecule has 0 spiro atoms. The van der Waals surface area contributed by atoms with Crippen LogP contribution < -0.4 is 0 Å². The lowest BCUT2D eigenvalue weighted by Crippen LogP contribution is -2.30. The molecule has 0 radical (unpaired) electrons. The largest absolute Gasteiger partial charge is 0.462 e. The van der Waals surface area contributed by atoms with E-state index in [0.717, 1.165) is 89.9 Å². The summed E-state index contributed by atoms with van der Waals surface area (Å²) in [5, 5.41) is 0. The zero-order valence-corrected chi connectivity index (χ0v) is 47.6. The number of allylic oxidation sites excluding steroid dienone is 18. The zero-order chi connectivity index (χ0) is 52.9. The number of hydrogen-bond acceptors (Lipinski definition) is 6. The van der Waals surface area contributed by atoms with Crippen LogP contribution in [0.2, 0.25) is 0 Å². The van der Waals surface area contributed by atoms with Gasteiger partial charge in [0, 0.05) is 19.3 Å². The van der Waals surface area contributed by atoms with Crippen molar-refractivity contribution in [1.29, 1.82) is 0 Å². The minimum Gasteiger partial charge on any atom is -0.462 e. The van der Waals surface area contributed by atoms with E-state index < -0.39 is 12.1 Å². The highest BCUT2D eigenvalue weighted by Gasteiger charge is 2.19. The van der Waals surface area contributed by atoms with Crippen molar-refractivity contribution in [2.45, 2.75) is 284 Å². The predicted octanol–water partition coefficient (Wildman–Crippen LogP) is 20.7. The Morgan fingerprint density at radius 1 is 0.288 bits per heavy atom. The van der Waals surface area contributed by atoms with Gasteiger partial charge in [0.2, 0.25) is 0 Å². The monoisotopic (exact) mass is 1010 g/mol. The van der Waals surface area contributed by atoms with Gasteiger partial charge < -0.3 is 14.2 Å². The molecular weight excluding hydrogens is 901 g/mol. The predicted molar refractivity (Wildman–Crippen MR) is 316 cm³/mol. The molecular formula is C67H112O6. The maximum absolute atomic E-state index is 12.8. The highest BCUT2D eigenvalue weighted by molar-refractivity contribution is 5.71. The summed E-state index contributed by atoms with van der Waals surface area (Å²) < 4.78 is 16.7. The van der Waals surface area contributed by atoms with Crippen molar-refractivity contribution in [3.05, 3.63) is 109 Å². The third-order valence-electron chi connectivity index (χ3n) is 12.8. The third-order valence-corrected chi connectivity index (χ3v) is 12.8. The molecule has 6 nitrogen and oxygen atoms in total. The van der Waals surface area contributed by atoms with Crippen LogP contribution in [0.5, 0.6) is 0 Å². The second-order valence-electron chi connectivity index (χ2n) is 19.9. The van der Waals surface area contributed by atoms with E-state index in [1.807, 2.05) is 12.2 Å². The molecule has 6 heteroatoms. The van der Waals surface area contributed by atoms with E-state index in [0.29, 0.717) is 19.3 Å². The smallest absolute Gasteiger partial charge is 0.306 e. The van der Waals surface area contributed by atoms with E-state index in [9.17, 15) is 14.4 Å². The van der Waals surface area contributed by atoms with Crippen LogP contribution in [0.15, 0.2) is 109 Å². The van der Waals surface area contributed by atoms with Gasteiger partial charge >= 0.3 is 17.9 Å². The molecule has 0 amide bonds. The normalized spacial score (nSPS) is 12.9. The van der Waals surface area contributed by atoms with E-state index in [-0.39, 0.29) is 31.6 Å². The van der Waals surface area contributed by atoms with Gasteiger partial charge in [-0.25, -0.2) is 0 Å². The summed E-state index contributed by atoms with van der Waals surface area (Å²) >= 11 is 0. The molecule has 1 unspecified atom stereocenters. The molecule has 416 valence electrons. The van der Waals surface area contributed by atoms with Gasteiger partial charge in [0.25, 0.3) is 0 Å². The molecule has 0 N–H and O–H groups in total. The number of carbonyl (C=O) groups excluding carboxylic acids is 3. The van der Waals surface area contributed by atoms with E-state index in [1.165, 1.54) is 141 Å². The minimum absolute atomic E-state index is 0.108. The number of carbonyl (C=O) groups is 3. The summed E-state index contributed by atoms with van der Waals surface area (Å²) in [5.74, 6) is -0.999. The van der Waals surface area contributed by atoms with Crippen molar-refractivity contribution in [2.75, 3.05) is 13.2 Å². The molecule has 0 saturated heterocycles. The quantitative estimate of drug-likeness (QED) is 0.0261. The molecule has 0 aromatic heterocycles. The Bertz CT molecular complexity index is 1490. The minimum atomic E-state index is -0.817. The Morgan fingerprint density at radius 2 is 0.562 bits per heavy atom. The van der Waals surface area contributed by atoms with E-state index in [2.05, 4.69) is 118 Å². The third kappa shape index (κ3) is 58.8.